The maximum atomic E-state index is 13.3. The Bertz CT molecular complexity index is 1330. The van der Waals surface area contributed by atoms with Gasteiger partial charge in [0, 0.05) is 25.0 Å². The largest absolute Gasteiger partial charge is 0.479 e. The van der Waals surface area contributed by atoms with Gasteiger partial charge in [-0.05, 0) is 41.2 Å². The van der Waals surface area contributed by atoms with Gasteiger partial charge in [0.1, 0.15) is 12.6 Å². The number of carboxylic acid groups (broad SMARTS) is 1. The quantitative estimate of drug-likeness (QED) is 0.324. The molecule has 2 unspecified atom stereocenters. The molecule has 0 aromatic heterocycles. The molecule has 2 aliphatic rings. The zero-order chi connectivity index (χ0) is 28.8. The summed E-state index contributed by atoms with van der Waals surface area (Å²) < 4.78 is 16.9. The highest BCUT2D eigenvalue weighted by molar-refractivity contribution is 5.86. The predicted molar refractivity (Wildman–Crippen MR) is 151 cm³/mol. The maximum Gasteiger partial charge on any atom is 0.407 e. The molecule has 0 bridgehead atoms. The van der Waals surface area contributed by atoms with Gasteiger partial charge in [0.25, 0.3) is 0 Å². The van der Waals surface area contributed by atoms with E-state index in [2.05, 4.69) is 22.8 Å². The summed E-state index contributed by atoms with van der Waals surface area (Å²) in [5.41, 5.74) is 5.33. The van der Waals surface area contributed by atoms with Crippen molar-refractivity contribution in [3.8, 4) is 11.1 Å². The van der Waals surface area contributed by atoms with Crippen LogP contribution in [0.5, 0.6) is 0 Å². The van der Waals surface area contributed by atoms with Crippen LogP contribution < -0.4 is 10.6 Å². The number of aliphatic carboxylic acids is 1. The van der Waals surface area contributed by atoms with Crippen molar-refractivity contribution in [2.75, 3.05) is 19.8 Å². The van der Waals surface area contributed by atoms with Crippen LogP contribution in [0.25, 0.3) is 11.1 Å². The van der Waals surface area contributed by atoms with Crippen LogP contribution >= 0.6 is 0 Å². The summed E-state index contributed by atoms with van der Waals surface area (Å²) in [4.78, 5) is 37.8. The van der Waals surface area contributed by atoms with Crippen molar-refractivity contribution in [1.29, 1.82) is 0 Å². The lowest BCUT2D eigenvalue weighted by Crippen LogP contribution is -2.54. The zero-order valence-corrected chi connectivity index (χ0v) is 22.8. The maximum absolute atomic E-state index is 13.3. The first-order valence-corrected chi connectivity index (χ1v) is 13.8. The molecule has 3 aromatic carbocycles. The lowest BCUT2D eigenvalue weighted by atomic mass is 9.98. The molecule has 214 valence electrons. The molecule has 1 aliphatic carbocycles. The van der Waals surface area contributed by atoms with Crippen molar-refractivity contribution in [2.24, 2.45) is 5.92 Å². The van der Waals surface area contributed by atoms with Gasteiger partial charge >= 0.3 is 12.1 Å². The Hall–Kier alpha value is -4.21. The molecule has 0 saturated carbocycles. The minimum Gasteiger partial charge on any atom is -0.479 e. The summed E-state index contributed by atoms with van der Waals surface area (Å²) in [6.45, 7) is 2.47. The number of hydrogen-bond donors (Lipinski definition) is 3. The highest BCUT2D eigenvalue weighted by Gasteiger charge is 2.36. The molecule has 9 heteroatoms. The van der Waals surface area contributed by atoms with Crippen molar-refractivity contribution < 1.29 is 33.7 Å². The van der Waals surface area contributed by atoms with E-state index < -0.39 is 36.2 Å². The summed E-state index contributed by atoms with van der Waals surface area (Å²) in [6, 6.07) is 24.5. The summed E-state index contributed by atoms with van der Waals surface area (Å²) in [6.07, 6.45) is -1.90. The van der Waals surface area contributed by atoms with Crippen LogP contribution in [0.4, 0.5) is 4.79 Å². The van der Waals surface area contributed by atoms with E-state index in [1.807, 2.05) is 66.7 Å². The topological polar surface area (TPSA) is 123 Å². The lowest BCUT2D eigenvalue weighted by molar-refractivity contribution is -0.149. The number of hydrogen-bond acceptors (Lipinski definition) is 6. The highest BCUT2D eigenvalue weighted by Crippen LogP contribution is 2.44. The van der Waals surface area contributed by atoms with E-state index >= 15 is 0 Å². The number of carbonyl (C=O) groups is 3. The number of ether oxygens (including phenoxy) is 3. The second-order valence-electron chi connectivity index (χ2n) is 10.4. The predicted octanol–water partition coefficient (Wildman–Crippen LogP) is 4.10. The molecule has 1 aliphatic heterocycles. The Balaban J connectivity index is 1.24. The Morgan fingerprint density at radius 1 is 0.951 bits per heavy atom. The standard InChI is InChI=1S/C32H34N2O7/c1-20(40-18-21-9-3-2-4-10-21)28(30(35)33-17-22-15-16-39-29(22)31(36)37)34-32(38)41-19-27-25-13-7-5-11-23(25)24-12-6-8-14-26(24)27/h2-14,20,22,27-29H,15-19H2,1H3,(H,33,35)(H,34,38)(H,36,37)/t20-,22?,28+,29?/m0/s1. The second-order valence-corrected chi connectivity index (χ2v) is 10.4. The van der Waals surface area contributed by atoms with Crippen molar-refractivity contribution in [2.45, 2.75) is 44.1 Å². The molecular weight excluding hydrogens is 524 g/mol. The fraction of sp³-hybridized carbons (Fsp3) is 0.344. The molecule has 2 amide bonds. The molecule has 3 N–H and O–H groups in total. The number of rotatable bonds is 11. The van der Waals surface area contributed by atoms with Gasteiger partial charge in [0.2, 0.25) is 5.91 Å². The summed E-state index contributed by atoms with van der Waals surface area (Å²) >= 11 is 0. The van der Waals surface area contributed by atoms with Crippen molar-refractivity contribution >= 4 is 18.0 Å². The number of carboxylic acids is 1. The van der Waals surface area contributed by atoms with Crippen LogP contribution in [0.1, 0.15) is 36.0 Å². The number of fused-ring (bicyclic) bond motifs is 3. The minimum atomic E-state index is -1.07. The van der Waals surface area contributed by atoms with Crippen LogP contribution in [0.3, 0.4) is 0 Å². The normalized spacial score (nSPS) is 19.0. The SMILES string of the molecule is C[C@H](OCc1ccccc1)[C@@H](NC(=O)OCC1c2ccccc2-c2ccccc21)C(=O)NCC1CCOC1C(=O)O. The van der Waals surface area contributed by atoms with Gasteiger partial charge in [-0.15, -0.1) is 0 Å². The summed E-state index contributed by atoms with van der Waals surface area (Å²) in [5.74, 6) is -2.04. The van der Waals surface area contributed by atoms with Crippen LogP contribution in [-0.2, 0) is 30.4 Å². The van der Waals surface area contributed by atoms with Crippen LogP contribution in [-0.4, -0.2) is 61.1 Å². The van der Waals surface area contributed by atoms with Gasteiger partial charge in [-0.25, -0.2) is 9.59 Å². The lowest BCUT2D eigenvalue weighted by Gasteiger charge is -2.26. The van der Waals surface area contributed by atoms with E-state index in [1.165, 1.54) is 0 Å². The third-order valence-electron chi connectivity index (χ3n) is 7.72. The Morgan fingerprint density at radius 3 is 2.24 bits per heavy atom. The summed E-state index contributed by atoms with van der Waals surface area (Å²) in [7, 11) is 0. The van der Waals surface area contributed by atoms with E-state index in [-0.39, 0.29) is 31.6 Å². The Kier molecular flexibility index (Phi) is 8.96. The van der Waals surface area contributed by atoms with Gasteiger partial charge in [0.15, 0.2) is 6.10 Å². The average molecular weight is 559 g/mol. The molecular formula is C32H34N2O7. The molecule has 3 aromatic rings. The smallest absolute Gasteiger partial charge is 0.407 e. The fourth-order valence-corrected chi connectivity index (χ4v) is 5.52. The number of carbonyl (C=O) groups excluding carboxylic acids is 2. The molecule has 1 heterocycles. The van der Waals surface area contributed by atoms with Gasteiger partial charge in [0.05, 0.1) is 12.7 Å². The second kappa shape index (κ2) is 13.0. The van der Waals surface area contributed by atoms with E-state index in [4.69, 9.17) is 14.2 Å². The first-order chi connectivity index (χ1) is 19.9. The first-order valence-electron chi connectivity index (χ1n) is 13.8. The summed E-state index contributed by atoms with van der Waals surface area (Å²) in [5, 5.41) is 14.9. The molecule has 0 radical (unpaired) electrons. The molecule has 5 rings (SSSR count). The van der Waals surface area contributed by atoms with Crippen LogP contribution in [0.2, 0.25) is 0 Å². The minimum absolute atomic E-state index is 0.101. The fourth-order valence-electron chi connectivity index (χ4n) is 5.52. The monoisotopic (exact) mass is 558 g/mol. The van der Waals surface area contributed by atoms with E-state index in [0.29, 0.717) is 13.0 Å². The van der Waals surface area contributed by atoms with Gasteiger partial charge in [-0.1, -0.05) is 78.9 Å². The molecule has 4 atom stereocenters. The average Bonchev–Trinajstić information content (AvgIpc) is 3.60. The third-order valence-corrected chi connectivity index (χ3v) is 7.72. The first kappa shape index (κ1) is 28.3. The van der Waals surface area contributed by atoms with Crippen molar-refractivity contribution in [1.82, 2.24) is 10.6 Å². The highest BCUT2D eigenvalue weighted by atomic mass is 16.6. The van der Waals surface area contributed by atoms with Gasteiger partial charge in [-0.3, -0.25) is 4.79 Å². The van der Waals surface area contributed by atoms with Crippen LogP contribution in [0, 0.1) is 5.92 Å². The van der Waals surface area contributed by atoms with Gasteiger partial charge in [-0.2, -0.15) is 0 Å². The zero-order valence-electron chi connectivity index (χ0n) is 22.8. The van der Waals surface area contributed by atoms with Crippen LogP contribution in [0.15, 0.2) is 78.9 Å². The van der Waals surface area contributed by atoms with E-state index in [0.717, 1.165) is 27.8 Å². The van der Waals surface area contributed by atoms with Crippen molar-refractivity contribution in [3.05, 3.63) is 95.6 Å². The molecule has 1 saturated heterocycles. The number of alkyl carbamates (subject to hydrolysis) is 1. The number of nitrogens with one attached hydrogen (secondary N) is 2. The van der Waals surface area contributed by atoms with E-state index in [9.17, 15) is 19.5 Å². The number of amides is 2. The third kappa shape index (κ3) is 6.58. The molecule has 0 spiro atoms. The van der Waals surface area contributed by atoms with Crippen molar-refractivity contribution in [3.63, 3.8) is 0 Å². The van der Waals surface area contributed by atoms with Gasteiger partial charge < -0.3 is 30.0 Å². The molecule has 41 heavy (non-hydrogen) atoms. The Labute approximate surface area is 238 Å². The molecule has 9 nitrogen and oxygen atoms in total. The molecule has 1 fully saturated rings. The van der Waals surface area contributed by atoms with E-state index in [1.54, 1.807) is 6.92 Å². The Morgan fingerprint density at radius 2 is 1.59 bits per heavy atom. The number of benzene rings is 3.